The number of aromatic nitrogens is 2. The SMILES string of the molecule is Cn1cnc2cc(Cc3cccc(CCN)c3)ccc21. The molecule has 0 saturated heterocycles. The van der Waals surface area contributed by atoms with E-state index in [1.807, 2.05) is 17.9 Å². The van der Waals surface area contributed by atoms with E-state index in [-0.39, 0.29) is 0 Å². The van der Waals surface area contributed by atoms with Crippen molar-refractivity contribution in [3.63, 3.8) is 0 Å². The van der Waals surface area contributed by atoms with E-state index in [2.05, 4.69) is 47.4 Å². The summed E-state index contributed by atoms with van der Waals surface area (Å²) in [5.74, 6) is 0. The highest BCUT2D eigenvalue weighted by molar-refractivity contribution is 5.76. The van der Waals surface area contributed by atoms with Crippen LogP contribution < -0.4 is 5.73 Å². The monoisotopic (exact) mass is 265 g/mol. The Morgan fingerprint density at radius 2 is 1.85 bits per heavy atom. The van der Waals surface area contributed by atoms with Crippen molar-refractivity contribution in [3.05, 3.63) is 65.5 Å². The van der Waals surface area contributed by atoms with Crippen molar-refractivity contribution in [1.29, 1.82) is 0 Å². The molecule has 0 spiro atoms. The molecule has 1 aromatic heterocycles. The zero-order chi connectivity index (χ0) is 13.9. The molecule has 0 fully saturated rings. The van der Waals surface area contributed by atoms with E-state index in [1.165, 1.54) is 22.2 Å². The third kappa shape index (κ3) is 2.58. The Kier molecular flexibility index (Phi) is 3.52. The highest BCUT2D eigenvalue weighted by atomic mass is 15.0. The van der Waals surface area contributed by atoms with Gasteiger partial charge >= 0.3 is 0 Å². The van der Waals surface area contributed by atoms with Gasteiger partial charge in [-0.05, 0) is 48.2 Å². The predicted molar refractivity (Wildman–Crippen MR) is 82.7 cm³/mol. The quantitative estimate of drug-likeness (QED) is 0.788. The molecule has 0 aliphatic heterocycles. The molecule has 3 nitrogen and oxygen atoms in total. The zero-order valence-corrected chi connectivity index (χ0v) is 11.7. The van der Waals surface area contributed by atoms with E-state index >= 15 is 0 Å². The lowest BCUT2D eigenvalue weighted by molar-refractivity contribution is 0.947. The van der Waals surface area contributed by atoms with Crippen LogP contribution in [0.25, 0.3) is 11.0 Å². The fourth-order valence-corrected chi connectivity index (χ4v) is 2.59. The minimum atomic E-state index is 0.698. The van der Waals surface area contributed by atoms with Crippen LogP contribution in [-0.4, -0.2) is 16.1 Å². The molecule has 0 unspecified atom stereocenters. The first-order valence-electron chi connectivity index (χ1n) is 6.94. The van der Waals surface area contributed by atoms with E-state index in [0.717, 1.165) is 18.4 Å². The minimum absolute atomic E-state index is 0.698. The van der Waals surface area contributed by atoms with Crippen LogP contribution in [0.15, 0.2) is 48.8 Å². The number of aryl methyl sites for hydroxylation is 1. The second kappa shape index (κ2) is 5.47. The fraction of sp³-hybridized carbons (Fsp3) is 0.235. The second-order valence-corrected chi connectivity index (χ2v) is 5.21. The lowest BCUT2D eigenvalue weighted by atomic mass is 10.0. The molecule has 1 heterocycles. The largest absolute Gasteiger partial charge is 0.334 e. The molecule has 0 saturated carbocycles. The van der Waals surface area contributed by atoms with Crippen LogP contribution in [0.4, 0.5) is 0 Å². The molecule has 2 N–H and O–H groups in total. The maximum absolute atomic E-state index is 5.62. The number of hydrogen-bond acceptors (Lipinski definition) is 2. The third-order valence-electron chi connectivity index (χ3n) is 3.62. The Balaban J connectivity index is 1.86. The van der Waals surface area contributed by atoms with E-state index in [0.29, 0.717) is 6.54 Å². The van der Waals surface area contributed by atoms with Crippen molar-refractivity contribution < 1.29 is 0 Å². The molecule has 0 radical (unpaired) electrons. The molecule has 0 atom stereocenters. The van der Waals surface area contributed by atoms with E-state index < -0.39 is 0 Å². The van der Waals surface area contributed by atoms with Crippen LogP contribution in [0.3, 0.4) is 0 Å². The number of nitrogens with zero attached hydrogens (tertiary/aromatic N) is 2. The van der Waals surface area contributed by atoms with Crippen molar-refractivity contribution in [2.45, 2.75) is 12.8 Å². The van der Waals surface area contributed by atoms with Crippen molar-refractivity contribution >= 4 is 11.0 Å². The molecule has 102 valence electrons. The van der Waals surface area contributed by atoms with Crippen molar-refractivity contribution in [3.8, 4) is 0 Å². The summed E-state index contributed by atoms with van der Waals surface area (Å²) in [5, 5.41) is 0. The first-order valence-corrected chi connectivity index (χ1v) is 6.94. The van der Waals surface area contributed by atoms with Gasteiger partial charge in [-0.25, -0.2) is 4.98 Å². The summed E-state index contributed by atoms with van der Waals surface area (Å²) in [4.78, 5) is 4.41. The predicted octanol–water partition coefficient (Wildman–Crippen LogP) is 2.67. The normalized spacial score (nSPS) is 11.1. The molecule has 0 aliphatic rings. The Morgan fingerprint density at radius 3 is 2.70 bits per heavy atom. The second-order valence-electron chi connectivity index (χ2n) is 5.21. The molecule has 3 rings (SSSR count). The molecule has 3 heteroatoms. The van der Waals surface area contributed by atoms with Gasteiger partial charge in [0.1, 0.15) is 0 Å². The summed E-state index contributed by atoms with van der Waals surface area (Å²) in [6, 6.07) is 15.2. The highest BCUT2D eigenvalue weighted by Gasteiger charge is 2.03. The van der Waals surface area contributed by atoms with Gasteiger partial charge in [-0.15, -0.1) is 0 Å². The molecule has 3 aromatic rings. The van der Waals surface area contributed by atoms with Crippen LogP contribution >= 0.6 is 0 Å². The maximum Gasteiger partial charge on any atom is 0.0955 e. The summed E-state index contributed by atoms with van der Waals surface area (Å²) in [6.07, 6.45) is 3.73. The van der Waals surface area contributed by atoms with Gasteiger partial charge in [0.25, 0.3) is 0 Å². The van der Waals surface area contributed by atoms with Crippen LogP contribution in [0.5, 0.6) is 0 Å². The number of rotatable bonds is 4. The van der Waals surface area contributed by atoms with Gasteiger partial charge in [0.15, 0.2) is 0 Å². The number of imidazole rings is 1. The fourth-order valence-electron chi connectivity index (χ4n) is 2.59. The average molecular weight is 265 g/mol. The number of hydrogen-bond donors (Lipinski definition) is 1. The average Bonchev–Trinajstić information content (AvgIpc) is 2.81. The zero-order valence-electron chi connectivity index (χ0n) is 11.7. The van der Waals surface area contributed by atoms with Gasteiger partial charge in [-0.3, -0.25) is 0 Å². The van der Waals surface area contributed by atoms with Gasteiger partial charge in [0.2, 0.25) is 0 Å². The summed E-state index contributed by atoms with van der Waals surface area (Å²) in [5.41, 5.74) is 11.8. The first-order chi connectivity index (χ1) is 9.76. The Bertz CT molecular complexity index is 728. The third-order valence-corrected chi connectivity index (χ3v) is 3.62. The summed E-state index contributed by atoms with van der Waals surface area (Å²) >= 11 is 0. The van der Waals surface area contributed by atoms with E-state index in [1.54, 1.807) is 0 Å². The minimum Gasteiger partial charge on any atom is -0.334 e. The van der Waals surface area contributed by atoms with Gasteiger partial charge in [-0.1, -0.05) is 30.3 Å². The first kappa shape index (κ1) is 12.9. The van der Waals surface area contributed by atoms with E-state index in [4.69, 9.17) is 5.73 Å². The lowest BCUT2D eigenvalue weighted by Gasteiger charge is -2.05. The number of benzene rings is 2. The van der Waals surface area contributed by atoms with Crippen molar-refractivity contribution in [2.75, 3.05) is 6.54 Å². The van der Waals surface area contributed by atoms with Crippen LogP contribution in [0, 0.1) is 0 Å². The Hall–Kier alpha value is -2.13. The molecule has 0 amide bonds. The molecule has 20 heavy (non-hydrogen) atoms. The molecule has 0 bridgehead atoms. The number of nitrogens with two attached hydrogens (primary N) is 1. The Labute approximate surface area is 119 Å². The summed E-state index contributed by atoms with van der Waals surface area (Å²) in [6.45, 7) is 0.698. The van der Waals surface area contributed by atoms with Crippen molar-refractivity contribution in [1.82, 2.24) is 9.55 Å². The highest BCUT2D eigenvalue weighted by Crippen LogP contribution is 2.17. The van der Waals surface area contributed by atoms with Gasteiger partial charge in [0.05, 0.1) is 17.4 Å². The lowest BCUT2D eigenvalue weighted by Crippen LogP contribution is -2.03. The van der Waals surface area contributed by atoms with E-state index in [9.17, 15) is 0 Å². The standard InChI is InChI=1S/C17H19N3/c1-20-12-19-16-11-15(5-6-17(16)20)10-14-4-2-3-13(9-14)7-8-18/h2-6,9,11-12H,7-8,10,18H2,1H3. The maximum atomic E-state index is 5.62. The van der Waals surface area contributed by atoms with Gasteiger partial charge in [0, 0.05) is 7.05 Å². The van der Waals surface area contributed by atoms with Crippen LogP contribution in [-0.2, 0) is 19.9 Å². The van der Waals surface area contributed by atoms with Crippen molar-refractivity contribution in [2.24, 2.45) is 12.8 Å². The molecular weight excluding hydrogens is 246 g/mol. The molecule has 0 aliphatic carbocycles. The Morgan fingerprint density at radius 1 is 1.05 bits per heavy atom. The summed E-state index contributed by atoms with van der Waals surface area (Å²) < 4.78 is 2.04. The van der Waals surface area contributed by atoms with Crippen LogP contribution in [0.2, 0.25) is 0 Å². The smallest absolute Gasteiger partial charge is 0.0955 e. The number of fused-ring (bicyclic) bond motifs is 1. The van der Waals surface area contributed by atoms with Gasteiger partial charge in [-0.2, -0.15) is 0 Å². The topological polar surface area (TPSA) is 43.8 Å². The molecular formula is C17H19N3. The van der Waals surface area contributed by atoms with Crippen LogP contribution in [0.1, 0.15) is 16.7 Å². The van der Waals surface area contributed by atoms with Gasteiger partial charge < -0.3 is 10.3 Å². The molecule has 2 aromatic carbocycles. The summed E-state index contributed by atoms with van der Waals surface area (Å²) in [7, 11) is 2.02.